The Morgan fingerprint density at radius 3 is 2.52 bits per heavy atom. The molecule has 0 aliphatic heterocycles. The van der Waals surface area contributed by atoms with Crippen molar-refractivity contribution in [2.45, 2.75) is 26.0 Å². The van der Waals surface area contributed by atoms with Crippen LogP contribution >= 0.6 is 0 Å². The summed E-state index contributed by atoms with van der Waals surface area (Å²) in [4.78, 5) is 2.11. The third kappa shape index (κ3) is 4.71. The average molecular weight is 292 g/mol. The molecule has 0 amide bonds. The Morgan fingerprint density at radius 1 is 1.29 bits per heavy atom. The second-order valence-corrected chi connectivity index (χ2v) is 5.05. The zero-order chi connectivity index (χ0) is 15.8. The van der Waals surface area contributed by atoms with E-state index in [9.17, 15) is 5.11 Å². The van der Waals surface area contributed by atoms with E-state index in [-0.39, 0.29) is 6.04 Å². The highest BCUT2D eigenvalue weighted by molar-refractivity contribution is 5.59. The molecule has 1 aromatic rings. The molecule has 0 radical (unpaired) electrons. The number of benzene rings is 1. The van der Waals surface area contributed by atoms with Gasteiger partial charge < -0.3 is 19.5 Å². The first-order valence-electron chi connectivity index (χ1n) is 7.01. The predicted molar refractivity (Wildman–Crippen MR) is 82.4 cm³/mol. The molecule has 1 rings (SSSR count). The monoisotopic (exact) mass is 292 g/mol. The van der Waals surface area contributed by atoms with Crippen molar-refractivity contribution in [3.05, 3.63) is 29.3 Å². The smallest absolute Gasteiger partial charge is 0.0992 e. The number of anilines is 1. The summed E-state index contributed by atoms with van der Waals surface area (Å²) in [5, 5.41) is 19.1. The number of nitrogens with zero attached hydrogens (tertiary/aromatic N) is 2. The summed E-state index contributed by atoms with van der Waals surface area (Å²) >= 11 is 0. The Morgan fingerprint density at radius 2 is 2.00 bits per heavy atom. The van der Waals surface area contributed by atoms with E-state index < -0.39 is 6.10 Å². The molecule has 0 saturated carbocycles. The van der Waals surface area contributed by atoms with Crippen LogP contribution in [0.15, 0.2) is 18.2 Å². The van der Waals surface area contributed by atoms with E-state index in [0.29, 0.717) is 25.3 Å². The summed E-state index contributed by atoms with van der Waals surface area (Å²) in [5.74, 6) is 0. The zero-order valence-electron chi connectivity index (χ0n) is 13.2. The molecular formula is C16H24N2O3. The van der Waals surface area contributed by atoms with E-state index >= 15 is 0 Å². The molecule has 116 valence electrons. The highest BCUT2D eigenvalue weighted by Crippen LogP contribution is 2.29. The Bertz CT molecular complexity index is 483. The normalized spacial score (nSPS) is 13.5. The van der Waals surface area contributed by atoms with E-state index in [1.54, 1.807) is 33.3 Å². The van der Waals surface area contributed by atoms with Crippen LogP contribution in [-0.2, 0) is 9.47 Å². The maximum absolute atomic E-state index is 9.98. The summed E-state index contributed by atoms with van der Waals surface area (Å²) < 4.78 is 10.4. The second-order valence-electron chi connectivity index (χ2n) is 5.05. The van der Waals surface area contributed by atoms with Crippen LogP contribution in [0.1, 0.15) is 31.1 Å². The van der Waals surface area contributed by atoms with Gasteiger partial charge in [-0.3, -0.25) is 0 Å². The van der Waals surface area contributed by atoms with Gasteiger partial charge in [0.05, 0.1) is 31.0 Å². The maximum atomic E-state index is 9.98. The van der Waals surface area contributed by atoms with E-state index in [1.165, 1.54) is 0 Å². The van der Waals surface area contributed by atoms with E-state index in [4.69, 9.17) is 14.7 Å². The van der Waals surface area contributed by atoms with Gasteiger partial charge in [-0.15, -0.1) is 0 Å². The molecule has 0 aromatic heterocycles. The molecule has 1 N–H and O–H groups in total. The van der Waals surface area contributed by atoms with Crippen molar-refractivity contribution < 1.29 is 14.6 Å². The molecule has 0 spiro atoms. The third-order valence-corrected chi connectivity index (χ3v) is 3.40. The molecule has 5 nitrogen and oxygen atoms in total. The van der Waals surface area contributed by atoms with Crippen molar-refractivity contribution in [3.63, 3.8) is 0 Å². The van der Waals surface area contributed by atoms with Crippen LogP contribution in [0.25, 0.3) is 0 Å². The van der Waals surface area contributed by atoms with Crippen molar-refractivity contribution in [3.8, 4) is 6.07 Å². The van der Waals surface area contributed by atoms with Crippen LogP contribution in [0.5, 0.6) is 0 Å². The van der Waals surface area contributed by atoms with Crippen LogP contribution in [-0.4, -0.2) is 45.1 Å². The van der Waals surface area contributed by atoms with Crippen LogP contribution in [0.2, 0.25) is 0 Å². The lowest BCUT2D eigenvalue weighted by Gasteiger charge is -2.33. The number of nitriles is 1. The van der Waals surface area contributed by atoms with Crippen LogP contribution in [0.3, 0.4) is 0 Å². The summed E-state index contributed by atoms with van der Waals surface area (Å²) in [7, 11) is 3.31. The number of hydrogen-bond acceptors (Lipinski definition) is 5. The molecule has 0 fully saturated rings. The van der Waals surface area contributed by atoms with Crippen molar-refractivity contribution >= 4 is 5.69 Å². The SMILES string of the molecule is COCCN(c1cc(C#N)ccc1[C@H](C)O)C(C)COC. The Hall–Kier alpha value is -1.61. The summed E-state index contributed by atoms with van der Waals surface area (Å²) in [5.41, 5.74) is 2.22. The van der Waals surface area contributed by atoms with Crippen molar-refractivity contribution in [2.24, 2.45) is 0 Å². The summed E-state index contributed by atoms with van der Waals surface area (Å²) in [6.07, 6.45) is -0.604. The minimum Gasteiger partial charge on any atom is -0.389 e. The molecule has 1 aromatic carbocycles. The number of methoxy groups -OCH3 is 2. The quantitative estimate of drug-likeness (QED) is 0.795. The van der Waals surface area contributed by atoms with Crippen LogP contribution < -0.4 is 4.90 Å². The Labute approximate surface area is 126 Å². The zero-order valence-corrected chi connectivity index (χ0v) is 13.2. The van der Waals surface area contributed by atoms with Gasteiger partial charge in [-0.1, -0.05) is 6.07 Å². The molecule has 21 heavy (non-hydrogen) atoms. The molecule has 0 aliphatic carbocycles. The standard InChI is InChI=1S/C16H24N2O3/c1-12(11-21-4)18(7-8-20-3)16-9-14(10-17)5-6-15(16)13(2)19/h5-6,9,12-13,19H,7-8,11H2,1-4H3/t12?,13-/m0/s1. The fourth-order valence-electron chi connectivity index (χ4n) is 2.31. The van der Waals surface area contributed by atoms with E-state index in [1.807, 2.05) is 13.0 Å². The van der Waals surface area contributed by atoms with Gasteiger partial charge in [-0.05, 0) is 26.0 Å². The predicted octanol–water partition coefficient (Wildman–Crippen LogP) is 2.10. The highest BCUT2D eigenvalue weighted by Gasteiger charge is 2.20. The topological polar surface area (TPSA) is 65.7 Å². The lowest BCUT2D eigenvalue weighted by molar-refractivity contribution is 0.169. The van der Waals surface area contributed by atoms with Crippen molar-refractivity contribution in [2.75, 3.05) is 38.9 Å². The first kappa shape index (κ1) is 17.4. The fraction of sp³-hybridized carbons (Fsp3) is 0.562. The minimum atomic E-state index is -0.604. The molecule has 0 heterocycles. The molecule has 2 atom stereocenters. The summed E-state index contributed by atoms with van der Waals surface area (Å²) in [6.45, 7) is 5.55. The van der Waals surface area contributed by atoms with Gasteiger partial charge in [0.1, 0.15) is 0 Å². The first-order valence-corrected chi connectivity index (χ1v) is 7.01. The van der Waals surface area contributed by atoms with Crippen molar-refractivity contribution in [1.82, 2.24) is 0 Å². The molecule has 1 unspecified atom stereocenters. The van der Waals surface area contributed by atoms with Gasteiger partial charge >= 0.3 is 0 Å². The van der Waals surface area contributed by atoms with Gasteiger partial charge in [0.2, 0.25) is 0 Å². The number of ether oxygens (including phenoxy) is 2. The van der Waals surface area contributed by atoms with Gasteiger partial charge in [0.15, 0.2) is 0 Å². The van der Waals surface area contributed by atoms with E-state index in [0.717, 1.165) is 11.3 Å². The Kier molecular flexibility index (Phi) is 7.17. The largest absolute Gasteiger partial charge is 0.389 e. The Balaban J connectivity index is 3.23. The molecule has 5 heteroatoms. The van der Waals surface area contributed by atoms with Gasteiger partial charge in [-0.2, -0.15) is 5.26 Å². The molecule has 0 bridgehead atoms. The van der Waals surface area contributed by atoms with Crippen LogP contribution in [0, 0.1) is 11.3 Å². The molecule has 0 saturated heterocycles. The van der Waals surface area contributed by atoms with Gasteiger partial charge in [-0.25, -0.2) is 0 Å². The lowest BCUT2D eigenvalue weighted by Crippen LogP contribution is -2.39. The average Bonchev–Trinajstić information content (AvgIpc) is 2.47. The number of aliphatic hydroxyl groups is 1. The number of aliphatic hydroxyl groups excluding tert-OH is 1. The number of rotatable bonds is 8. The van der Waals surface area contributed by atoms with Crippen molar-refractivity contribution in [1.29, 1.82) is 5.26 Å². The maximum Gasteiger partial charge on any atom is 0.0992 e. The fourth-order valence-corrected chi connectivity index (χ4v) is 2.31. The van der Waals surface area contributed by atoms with Crippen LogP contribution in [0.4, 0.5) is 5.69 Å². The summed E-state index contributed by atoms with van der Waals surface area (Å²) in [6, 6.07) is 7.59. The van der Waals surface area contributed by atoms with E-state index in [2.05, 4.69) is 11.0 Å². The first-order chi connectivity index (χ1) is 10.0. The highest BCUT2D eigenvalue weighted by atomic mass is 16.5. The lowest BCUT2D eigenvalue weighted by atomic mass is 10.0. The minimum absolute atomic E-state index is 0.108. The third-order valence-electron chi connectivity index (χ3n) is 3.40. The van der Waals surface area contributed by atoms with Gasteiger partial charge in [0, 0.05) is 38.1 Å². The second kappa shape index (κ2) is 8.63. The molecule has 0 aliphatic rings. The number of hydrogen-bond donors (Lipinski definition) is 1. The molecular weight excluding hydrogens is 268 g/mol. The van der Waals surface area contributed by atoms with Gasteiger partial charge in [0.25, 0.3) is 0 Å².